The van der Waals surface area contributed by atoms with Gasteiger partial charge in [0.2, 0.25) is 5.71 Å². The Bertz CT molecular complexity index is 3080. The Morgan fingerprint density at radius 1 is 0.677 bits per heavy atom. The molecule has 6 aromatic carbocycles. The molecule has 0 aliphatic rings. The van der Waals surface area contributed by atoms with Crippen LogP contribution in [0.3, 0.4) is 0 Å². The molecule has 5 nitrogen and oxygen atoms in total. The third kappa shape index (κ3) is 8.62. The van der Waals surface area contributed by atoms with E-state index in [-0.39, 0.29) is 20.1 Å². The second-order valence-electron chi connectivity index (χ2n) is 17.1. The second-order valence-corrected chi connectivity index (χ2v) is 22.1. The predicted octanol–water partition coefficient (Wildman–Crippen LogP) is 13.7. The average molecular weight is 1000 g/mol. The van der Waals surface area contributed by atoms with Crippen LogP contribution in [0, 0.1) is 25.0 Å². The minimum Gasteiger partial charge on any atom is -0.486 e. The van der Waals surface area contributed by atoms with Crippen LogP contribution in [0.15, 0.2) is 168 Å². The van der Waals surface area contributed by atoms with Gasteiger partial charge in [-0.25, -0.2) is 4.98 Å². The Labute approximate surface area is 378 Å². The zero-order chi connectivity index (χ0) is 42.1. The van der Waals surface area contributed by atoms with E-state index in [0.29, 0.717) is 11.6 Å². The first kappa shape index (κ1) is 42.4. The largest absolute Gasteiger partial charge is 0.486 e. The SMILES string of the molecule is CC(C)Cc1cc(-c2[c-]cccc2)ncc1[Si](C)(C)C.Cc1ccc2c(n1)oc1c[c-]c(-c3nc4ccccc4n3-c3c(-c4ccccc4)cccc3-c3ccccc3)cc12.[Ir]. The maximum absolute atomic E-state index is 6.08. The summed E-state index contributed by atoms with van der Waals surface area (Å²) in [4.78, 5) is 14.5. The van der Waals surface area contributed by atoms with Crippen molar-refractivity contribution in [2.24, 2.45) is 5.92 Å². The van der Waals surface area contributed by atoms with Gasteiger partial charge in [0.05, 0.1) is 36.2 Å². The summed E-state index contributed by atoms with van der Waals surface area (Å²) >= 11 is 0. The van der Waals surface area contributed by atoms with E-state index in [1.807, 2.05) is 43.3 Å². The number of fused-ring (bicyclic) bond motifs is 4. The van der Waals surface area contributed by atoms with E-state index < -0.39 is 8.07 Å². The Kier molecular flexibility index (Phi) is 12.3. The van der Waals surface area contributed by atoms with Crippen LogP contribution in [0.25, 0.3) is 83.7 Å². The van der Waals surface area contributed by atoms with Crippen molar-refractivity contribution in [1.29, 1.82) is 0 Å². The van der Waals surface area contributed by atoms with Crippen LogP contribution in [-0.2, 0) is 26.5 Å². The molecule has 10 aromatic rings. The Morgan fingerprint density at radius 2 is 1.35 bits per heavy atom. The van der Waals surface area contributed by atoms with Crippen molar-refractivity contribution in [3.8, 4) is 50.6 Å². The summed E-state index contributed by atoms with van der Waals surface area (Å²) < 4.78 is 8.38. The summed E-state index contributed by atoms with van der Waals surface area (Å²) in [5.74, 6) is 1.49. The first-order valence-corrected chi connectivity index (χ1v) is 24.5. The fourth-order valence-corrected chi connectivity index (χ4v) is 9.81. The topological polar surface area (TPSA) is 56.7 Å². The molecule has 0 fully saturated rings. The van der Waals surface area contributed by atoms with Crippen molar-refractivity contribution < 1.29 is 24.5 Å². The van der Waals surface area contributed by atoms with Crippen LogP contribution in [0.2, 0.25) is 19.6 Å². The summed E-state index contributed by atoms with van der Waals surface area (Å²) in [5, 5.41) is 3.48. The van der Waals surface area contributed by atoms with Crippen molar-refractivity contribution in [3.63, 3.8) is 0 Å². The van der Waals surface area contributed by atoms with E-state index in [0.717, 1.165) is 90.1 Å². The molecule has 0 atom stereocenters. The van der Waals surface area contributed by atoms with Crippen molar-refractivity contribution in [3.05, 3.63) is 187 Å². The number of benzene rings is 6. The molecule has 10 rings (SSSR count). The number of aryl methyl sites for hydroxylation is 1. The standard InChI is InChI=1S/C37H24N3O.C18H24NSi.Ir/c1-24-19-21-30-31-23-27(20-22-34(31)41-37(30)38-24)36-39-32-17-8-9-18-33(32)40(36)35-28(25-11-4-2-5-12-25)15-10-16-29(35)26-13-6-3-7-14-26;1-14(2)11-16-12-17(15-9-7-6-8-10-15)19-13-18(16)20(3,4)5;/h2-19,21-23H,1H3;6-9,12-14H,11H2,1-5H3;/q2*-1;. The van der Waals surface area contributed by atoms with Gasteiger partial charge in [-0.05, 0) is 65.5 Å². The van der Waals surface area contributed by atoms with Crippen molar-refractivity contribution in [2.75, 3.05) is 0 Å². The quantitative estimate of drug-likeness (QED) is 0.112. The maximum Gasteiger partial charge on any atom is 0.216 e. The molecule has 0 saturated heterocycles. The van der Waals surface area contributed by atoms with Gasteiger partial charge in [0.15, 0.2) is 0 Å². The summed E-state index contributed by atoms with van der Waals surface area (Å²) in [6.07, 6.45) is 3.24. The van der Waals surface area contributed by atoms with Crippen molar-refractivity contribution in [2.45, 2.75) is 46.8 Å². The molecular formula is C55H48IrN4OSi-2. The van der Waals surface area contributed by atoms with Crippen LogP contribution >= 0.6 is 0 Å². The number of para-hydroxylation sites is 3. The fourth-order valence-electron chi connectivity index (χ4n) is 8.22. The summed E-state index contributed by atoms with van der Waals surface area (Å²) in [7, 11) is -1.34. The minimum atomic E-state index is -1.34. The van der Waals surface area contributed by atoms with Gasteiger partial charge in [-0.1, -0.05) is 142 Å². The summed E-state index contributed by atoms with van der Waals surface area (Å²) in [5.41, 5.74) is 14.4. The molecule has 0 aliphatic heterocycles. The van der Waals surface area contributed by atoms with E-state index in [1.54, 1.807) is 0 Å². The molecule has 0 saturated carbocycles. The van der Waals surface area contributed by atoms with E-state index in [4.69, 9.17) is 9.40 Å². The second kappa shape index (κ2) is 18.0. The van der Waals surface area contributed by atoms with Crippen LogP contribution in [0.1, 0.15) is 25.1 Å². The fraction of sp³-hybridized carbons (Fsp3) is 0.145. The van der Waals surface area contributed by atoms with Crippen LogP contribution in [0.4, 0.5) is 0 Å². The third-order valence-electron chi connectivity index (χ3n) is 11.1. The Morgan fingerprint density at radius 3 is 2.02 bits per heavy atom. The van der Waals surface area contributed by atoms with Gasteiger partial charge < -0.3 is 14.0 Å². The predicted molar refractivity (Wildman–Crippen MR) is 256 cm³/mol. The van der Waals surface area contributed by atoms with Gasteiger partial charge in [-0.15, -0.1) is 59.7 Å². The van der Waals surface area contributed by atoms with Gasteiger partial charge in [0, 0.05) is 48.5 Å². The number of aromatic nitrogens is 4. The first-order chi connectivity index (χ1) is 29.6. The minimum absolute atomic E-state index is 0. The summed E-state index contributed by atoms with van der Waals surface area (Å²) in [6, 6.07) is 61.2. The van der Waals surface area contributed by atoms with Crippen molar-refractivity contribution >= 4 is 46.4 Å². The van der Waals surface area contributed by atoms with Gasteiger partial charge in [-0.3, -0.25) is 4.98 Å². The van der Waals surface area contributed by atoms with Crippen LogP contribution in [0.5, 0.6) is 0 Å². The molecule has 309 valence electrons. The normalized spacial score (nSPS) is 11.5. The molecule has 0 unspecified atom stereocenters. The molecule has 0 bridgehead atoms. The maximum atomic E-state index is 6.08. The van der Waals surface area contributed by atoms with E-state index in [9.17, 15) is 0 Å². The zero-order valence-corrected chi connectivity index (χ0v) is 39.3. The zero-order valence-electron chi connectivity index (χ0n) is 35.9. The molecule has 0 spiro atoms. The van der Waals surface area contributed by atoms with Gasteiger partial charge in [0.1, 0.15) is 0 Å². The van der Waals surface area contributed by atoms with Gasteiger partial charge in [0.25, 0.3) is 0 Å². The molecule has 4 aromatic heterocycles. The molecule has 0 aliphatic carbocycles. The smallest absolute Gasteiger partial charge is 0.216 e. The first-order valence-electron chi connectivity index (χ1n) is 21.0. The number of rotatable bonds is 8. The average Bonchev–Trinajstić information content (AvgIpc) is 3.84. The van der Waals surface area contributed by atoms with Crippen LogP contribution < -0.4 is 5.19 Å². The Balaban J connectivity index is 0.000000214. The molecule has 0 amide bonds. The van der Waals surface area contributed by atoms with Crippen molar-refractivity contribution in [1.82, 2.24) is 19.5 Å². The number of furan rings is 1. The van der Waals surface area contributed by atoms with E-state index >= 15 is 0 Å². The number of imidazole rings is 1. The summed E-state index contributed by atoms with van der Waals surface area (Å²) in [6.45, 7) is 13.7. The van der Waals surface area contributed by atoms with Crippen LogP contribution in [-0.4, -0.2) is 27.6 Å². The molecule has 1 radical (unpaired) electrons. The number of pyridine rings is 2. The molecule has 4 heterocycles. The Hall–Kier alpha value is -6.24. The molecular weight excluding hydrogens is 953 g/mol. The molecule has 7 heteroatoms. The van der Waals surface area contributed by atoms with Gasteiger partial charge >= 0.3 is 0 Å². The number of hydrogen-bond acceptors (Lipinski definition) is 4. The number of nitrogens with zero attached hydrogens (tertiary/aromatic N) is 4. The van der Waals surface area contributed by atoms with Gasteiger partial charge in [-0.2, -0.15) is 0 Å². The number of hydrogen-bond donors (Lipinski definition) is 0. The molecule has 62 heavy (non-hydrogen) atoms. The van der Waals surface area contributed by atoms with E-state index in [1.165, 1.54) is 10.8 Å². The van der Waals surface area contributed by atoms with E-state index in [2.05, 4.69) is 188 Å². The third-order valence-corrected chi connectivity index (χ3v) is 13.1. The monoisotopic (exact) mass is 1000 g/mol. The molecule has 0 N–H and O–H groups in total.